The van der Waals surface area contributed by atoms with Gasteiger partial charge >= 0.3 is 6.09 Å². The van der Waals surface area contributed by atoms with Crippen LogP contribution in [0.4, 0.5) is 4.79 Å². The molecule has 0 bridgehead atoms. The van der Waals surface area contributed by atoms with Gasteiger partial charge in [-0.1, -0.05) is 35.5 Å². The fourth-order valence-corrected chi connectivity index (χ4v) is 5.49. The van der Waals surface area contributed by atoms with Crippen LogP contribution in [-0.4, -0.2) is 40.2 Å². The summed E-state index contributed by atoms with van der Waals surface area (Å²) in [6.45, 7) is 3.30. The Balaban J connectivity index is 1.59. The molecule has 0 spiro atoms. The molecular weight excluding hydrogens is 442 g/mol. The van der Waals surface area contributed by atoms with Crippen molar-refractivity contribution in [1.29, 1.82) is 0 Å². The molecule has 2 aromatic heterocycles. The molecule has 158 valence electrons. The fourth-order valence-electron chi connectivity index (χ4n) is 3.58. The number of aromatic nitrogens is 2. The predicted molar refractivity (Wildman–Crippen MR) is 122 cm³/mol. The molecule has 0 saturated carbocycles. The molecule has 4 rings (SSSR count). The van der Waals surface area contributed by atoms with Crippen LogP contribution in [0.25, 0.3) is 10.2 Å². The van der Waals surface area contributed by atoms with Crippen LogP contribution in [0.1, 0.15) is 31.4 Å². The van der Waals surface area contributed by atoms with Crippen LogP contribution in [0.5, 0.6) is 0 Å². The van der Waals surface area contributed by atoms with Crippen molar-refractivity contribution in [3.05, 3.63) is 56.7 Å². The first-order valence-electron chi connectivity index (χ1n) is 9.85. The Morgan fingerprint density at radius 2 is 2.00 bits per heavy atom. The third-order valence-corrected chi connectivity index (χ3v) is 7.28. The fraction of sp³-hybridized carbons (Fsp3) is 0.381. The Labute approximate surface area is 187 Å². The maximum absolute atomic E-state index is 13.3. The molecule has 3 heterocycles. The number of hydrogen-bond donors (Lipinski definition) is 0. The van der Waals surface area contributed by atoms with Gasteiger partial charge < -0.3 is 9.64 Å². The third-order valence-electron chi connectivity index (χ3n) is 5.12. The van der Waals surface area contributed by atoms with Crippen LogP contribution in [0.3, 0.4) is 0 Å². The summed E-state index contributed by atoms with van der Waals surface area (Å²) in [6, 6.07) is 9.60. The number of likely N-dealkylation sites (tertiary alicyclic amines) is 1. The van der Waals surface area contributed by atoms with E-state index in [1.165, 1.54) is 11.3 Å². The van der Waals surface area contributed by atoms with Gasteiger partial charge in [-0.2, -0.15) is 0 Å². The minimum Gasteiger partial charge on any atom is -0.450 e. The zero-order valence-electron chi connectivity index (χ0n) is 16.5. The van der Waals surface area contributed by atoms with Gasteiger partial charge in [0.25, 0.3) is 5.56 Å². The lowest BCUT2D eigenvalue weighted by atomic mass is 10.1. The number of nitrogens with zero attached hydrogens (tertiary/aromatic N) is 3. The Bertz CT molecular complexity index is 1090. The molecule has 1 saturated heterocycles. The lowest BCUT2D eigenvalue weighted by Crippen LogP contribution is -2.41. The van der Waals surface area contributed by atoms with Crippen molar-refractivity contribution in [2.45, 2.75) is 36.7 Å². The van der Waals surface area contributed by atoms with E-state index in [4.69, 9.17) is 21.3 Å². The molecule has 1 fully saturated rings. The lowest BCUT2D eigenvalue weighted by molar-refractivity contribution is 0.0915. The number of benzene rings is 1. The summed E-state index contributed by atoms with van der Waals surface area (Å²) < 4.78 is 7.62. The molecule has 0 radical (unpaired) electrons. The number of halogens is 1. The number of fused-ring (bicyclic) bond motifs is 1. The van der Waals surface area contributed by atoms with Crippen LogP contribution in [0.15, 0.2) is 45.7 Å². The Morgan fingerprint density at radius 3 is 2.70 bits per heavy atom. The number of thiophene rings is 1. The first-order chi connectivity index (χ1) is 14.6. The normalized spacial score (nSPS) is 14.9. The number of ether oxygens (including phenoxy) is 1. The van der Waals surface area contributed by atoms with Crippen LogP contribution in [0, 0.1) is 0 Å². The molecule has 0 N–H and O–H groups in total. The van der Waals surface area contributed by atoms with Gasteiger partial charge in [-0.15, -0.1) is 11.3 Å². The average Bonchev–Trinajstić information content (AvgIpc) is 3.23. The van der Waals surface area contributed by atoms with Gasteiger partial charge in [0.2, 0.25) is 0 Å². The van der Waals surface area contributed by atoms with Crippen molar-refractivity contribution in [1.82, 2.24) is 14.5 Å². The van der Waals surface area contributed by atoms with E-state index >= 15 is 0 Å². The summed E-state index contributed by atoms with van der Waals surface area (Å²) in [4.78, 5) is 31.8. The van der Waals surface area contributed by atoms with Gasteiger partial charge in [-0.3, -0.25) is 9.36 Å². The maximum Gasteiger partial charge on any atom is 0.409 e. The summed E-state index contributed by atoms with van der Waals surface area (Å²) in [6.07, 6.45) is 1.12. The van der Waals surface area contributed by atoms with Gasteiger partial charge in [0.15, 0.2) is 5.16 Å². The van der Waals surface area contributed by atoms with Gasteiger partial charge in [0.05, 0.1) is 12.1 Å². The number of piperidine rings is 1. The summed E-state index contributed by atoms with van der Waals surface area (Å²) in [5.74, 6) is 0.695. The predicted octanol–water partition coefficient (Wildman–Crippen LogP) is 5.20. The number of hydrogen-bond acceptors (Lipinski definition) is 6. The van der Waals surface area contributed by atoms with Gasteiger partial charge in [-0.05, 0) is 48.9 Å². The lowest BCUT2D eigenvalue weighted by Gasteiger charge is -2.32. The quantitative estimate of drug-likeness (QED) is 0.384. The molecule has 0 aliphatic carbocycles. The number of rotatable bonds is 5. The average molecular weight is 464 g/mol. The molecular formula is C21H22ClN3O3S2. The topological polar surface area (TPSA) is 64.4 Å². The van der Waals surface area contributed by atoms with E-state index in [2.05, 4.69) is 0 Å². The molecule has 1 aliphatic rings. The second-order valence-electron chi connectivity index (χ2n) is 7.04. The molecule has 1 aromatic carbocycles. The van der Waals surface area contributed by atoms with Crippen molar-refractivity contribution < 1.29 is 9.53 Å². The molecule has 30 heavy (non-hydrogen) atoms. The Kier molecular flexibility index (Phi) is 6.65. The van der Waals surface area contributed by atoms with Crippen LogP contribution < -0.4 is 5.56 Å². The number of amides is 1. The van der Waals surface area contributed by atoms with Crippen LogP contribution in [0.2, 0.25) is 5.02 Å². The smallest absolute Gasteiger partial charge is 0.409 e. The summed E-state index contributed by atoms with van der Waals surface area (Å²) >= 11 is 8.96. The van der Waals surface area contributed by atoms with E-state index in [0.29, 0.717) is 48.0 Å². The minimum absolute atomic E-state index is 0.00295. The maximum atomic E-state index is 13.3. The minimum atomic E-state index is -0.285. The highest BCUT2D eigenvalue weighted by atomic mass is 35.5. The molecule has 0 unspecified atom stereocenters. The molecule has 9 heteroatoms. The second-order valence-corrected chi connectivity index (χ2v) is 9.33. The summed E-state index contributed by atoms with van der Waals surface area (Å²) in [5, 5.41) is 3.32. The van der Waals surface area contributed by atoms with Crippen LogP contribution in [-0.2, 0) is 10.5 Å². The first kappa shape index (κ1) is 21.2. The SMILES string of the molecule is CCOC(=O)N1CCC(n2c(SCc3ccc(Cl)cc3)nc3ccsc3c2=O)CC1. The molecule has 3 aromatic rings. The largest absolute Gasteiger partial charge is 0.450 e. The highest BCUT2D eigenvalue weighted by Gasteiger charge is 2.27. The highest BCUT2D eigenvalue weighted by Crippen LogP contribution is 2.30. The van der Waals surface area contributed by atoms with Crippen molar-refractivity contribution in [3.8, 4) is 0 Å². The highest BCUT2D eigenvalue weighted by molar-refractivity contribution is 7.98. The first-order valence-corrected chi connectivity index (χ1v) is 12.1. The van der Waals surface area contributed by atoms with Gasteiger partial charge in [0, 0.05) is 29.9 Å². The van der Waals surface area contributed by atoms with Crippen LogP contribution >= 0.6 is 34.7 Å². The Hall–Kier alpha value is -2.03. The molecule has 1 aliphatic heterocycles. The number of carbonyl (C=O) groups excluding carboxylic acids is 1. The van der Waals surface area contributed by atoms with Crippen molar-refractivity contribution in [2.75, 3.05) is 19.7 Å². The van der Waals surface area contributed by atoms with Gasteiger partial charge in [-0.25, -0.2) is 9.78 Å². The second kappa shape index (κ2) is 9.41. The van der Waals surface area contributed by atoms with E-state index in [9.17, 15) is 9.59 Å². The van der Waals surface area contributed by atoms with Crippen molar-refractivity contribution in [2.24, 2.45) is 0 Å². The third kappa shape index (κ3) is 4.50. The zero-order chi connectivity index (χ0) is 21.1. The summed E-state index contributed by atoms with van der Waals surface area (Å²) in [7, 11) is 0. The van der Waals surface area contributed by atoms with E-state index in [-0.39, 0.29) is 17.7 Å². The monoisotopic (exact) mass is 463 g/mol. The number of thioether (sulfide) groups is 1. The zero-order valence-corrected chi connectivity index (χ0v) is 18.9. The molecule has 1 amide bonds. The van der Waals surface area contributed by atoms with Crippen molar-refractivity contribution in [3.63, 3.8) is 0 Å². The molecule has 0 atom stereocenters. The van der Waals surface area contributed by atoms with E-state index < -0.39 is 0 Å². The summed E-state index contributed by atoms with van der Waals surface area (Å²) in [5.41, 5.74) is 1.86. The van der Waals surface area contributed by atoms with Gasteiger partial charge in [0.1, 0.15) is 4.70 Å². The van der Waals surface area contributed by atoms with E-state index in [0.717, 1.165) is 16.2 Å². The molecule has 6 nitrogen and oxygen atoms in total. The number of carbonyl (C=O) groups is 1. The van der Waals surface area contributed by atoms with E-state index in [1.54, 1.807) is 23.6 Å². The van der Waals surface area contributed by atoms with Crippen molar-refractivity contribution >= 4 is 51.0 Å². The standard InChI is InChI=1S/C21H22ClN3O3S2/c1-2-28-21(27)24-10-7-16(8-11-24)25-19(26)18-17(9-12-29-18)23-20(25)30-13-14-3-5-15(22)6-4-14/h3-6,9,12,16H,2,7-8,10-11,13H2,1H3. The Morgan fingerprint density at radius 1 is 1.27 bits per heavy atom. The van der Waals surface area contributed by atoms with E-state index in [1.807, 2.05) is 40.3 Å².